The first-order valence-corrected chi connectivity index (χ1v) is 7.33. The topological polar surface area (TPSA) is 58.6 Å². The monoisotopic (exact) mass is 255 g/mol. The first kappa shape index (κ1) is 13.8. The molecule has 1 saturated carbocycles. The van der Waals surface area contributed by atoms with E-state index in [2.05, 4.69) is 5.32 Å². The minimum atomic E-state index is -0.710. The second-order valence-corrected chi connectivity index (χ2v) is 5.67. The summed E-state index contributed by atoms with van der Waals surface area (Å²) in [6, 6.07) is -0.391. The van der Waals surface area contributed by atoms with E-state index in [0.29, 0.717) is 12.5 Å². The molecular weight excluding hydrogens is 230 g/mol. The molecule has 2 rings (SSSR count). The van der Waals surface area contributed by atoms with Crippen LogP contribution in [-0.2, 0) is 9.53 Å². The van der Waals surface area contributed by atoms with E-state index in [0.717, 1.165) is 25.9 Å². The van der Waals surface area contributed by atoms with Gasteiger partial charge in [-0.25, -0.2) is 0 Å². The summed E-state index contributed by atoms with van der Waals surface area (Å²) in [4.78, 5) is 11.3. The summed E-state index contributed by atoms with van der Waals surface area (Å²) in [5, 5.41) is 12.5. The van der Waals surface area contributed by atoms with Crippen molar-refractivity contribution in [2.24, 2.45) is 5.92 Å². The number of ether oxygens (including phenoxy) is 1. The molecule has 2 fully saturated rings. The van der Waals surface area contributed by atoms with Crippen LogP contribution in [0.1, 0.15) is 51.4 Å². The van der Waals surface area contributed by atoms with E-state index in [9.17, 15) is 9.90 Å². The summed E-state index contributed by atoms with van der Waals surface area (Å²) in [5.41, 5.74) is 0. The SMILES string of the molecule is O=C(O)C(CC1CCCCC1)NCC1CCCO1. The van der Waals surface area contributed by atoms with Gasteiger partial charge in [0.15, 0.2) is 0 Å². The lowest BCUT2D eigenvalue weighted by molar-refractivity contribution is -0.140. The van der Waals surface area contributed by atoms with Crippen LogP contribution in [-0.4, -0.2) is 36.4 Å². The molecule has 2 N–H and O–H groups in total. The molecule has 104 valence electrons. The Hall–Kier alpha value is -0.610. The van der Waals surface area contributed by atoms with Gasteiger partial charge < -0.3 is 15.2 Å². The second kappa shape index (κ2) is 7.10. The Morgan fingerprint density at radius 3 is 2.61 bits per heavy atom. The van der Waals surface area contributed by atoms with Crippen LogP contribution in [0.3, 0.4) is 0 Å². The summed E-state index contributed by atoms with van der Waals surface area (Å²) in [6.45, 7) is 1.51. The summed E-state index contributed by atoms with van der Waals surface area (Å²) in [7, 11) is 0. The van der Waals surface area contributed by atoms with Crippen molar-refractivity contribution >= 4 is 5.97 Å². The van der Waals surface area contributed by atoms with Crippen LogP contribution in [0.5, 0.6) is 0 Å². The molecule has 18 heavy (non-hydrogen) atoms. The molecule has 0 spiro atoms. The molecule has 0 aromatic heterocycles. The van der Waals surface area contributed by atoms with Crippen LogP contribution in [0.15, 0.2) is 0 Å². The van der Waals surface area contributed by atoms with Gasteiger partial charge in [-0.2, -0.15) is 0 Å². The third kappa shape index (κ3) is 4.25. The lowest BCUT2D eigenvalue weighted by atomic mass is 9.85. The lowest BCUT2D eigenvalue weighted by Crippen LogP contribution is -2.42. The predicted molar refractivity (Wildman–Crippen MR) is 69.6 cm³/mol. The molecule has 2 unspecified atom stereocenters. The Balaban J connectivity index is 1.73. The fourth-order valence-corrected chi connectivity index (χ4v) is 3.11. The van der Waals surface area contributed by atoms with E-state index in [4.69, 9.17) is 4.74 Å². The molecule has 2 aliphatic rings. The van der Waals surface area contributed by atoms with Gasteiger partial charge in [-0.1, -0.05) is 32.1 Å². The number of rotatable bonds is 6. The zero-order chi connectivity index (χ0) is 12.8. The third-order valence-electron chi connectivity index (χ3n) is 4.21. The molecule has 0 amide bonds. The molecule has 1 heterocycles. The molecule has 2 atom stereocenters. The van der Waals surface area contributed by atoms with Crippen molar-refractivity contribution in [3.63, 3.8) is 0 Å². The van der Waals surface area contributed by atoms with Crippen LogP contribution in [0.2, 0.25) is 0 Å². The van der Waals surface area contributed by atoms with Gasteiger partial charge in [0.2, 0.25) is 0 Å². The number of hydrogen-bond donors (Lipinski definition) is 2. The van der Waals surface area contributed by atoms with E-state index < -0.39 is 12.0 Å². The molecular formula is C14H25NO3. The molecule has 1 aliphatic heterocycles. The Morgan fingerprint density at radius 2 is 2.00 bits per heavy atom. The molecule has 1 aliphatic carbocycles. The van der Waals surface area contributed by atoms with E-state index in [1.54, 1.807) is 0 Å². The molecule has 1 saturated heterocycles. The molecule has 0 aromatic rings. The van der Waals surface area contributed by atoms with Crippen LogP contribution >= 0.6 is 0 Å². The lowest BCUT2D eigenvalue weighted by Gasteiger charge is -2.25. The van der Waals surface area contributed by atoms with Gasteiger partial charge in [0.1, 0.15) is 6.04 Å². The van der Waals surface area contributed by atoms with Gasteiger partial charge in [-0.05, 0) is 25.2 Å². The maximum atomic E-state index is 11.3. The van der Waals surface area contributed by atoms with Crippen molar-refractivity contribution in [1.29, 1.82) is 0 Å². The quantitative estimate of drug-likeness (QED) is 0.763. The van der Waals surface area contributed by atoms with Crippen molar-refractivity contribution in [3.05, 3.63) is 0 Å². The van der Waals surface area contributed by atoms with Gasteiger partial charge in [-0.15, -0.1) is 0 Å². The fourth-order valence-electron chi connectivity index (χ4n) is 3.11. The summed E-state index contributed by atoms with van der Waals surface area (Å²) in [6.07, 6.45) is 9.41. The standard InChI is InChI=1S/C14H25NO3/c16-14(17)13(9-11-5-2-1-3-6-11)15-10-12-7-4-8-18-12/h11-13,15H,1-10H2,(H,16,17). The van der Waals surface area contributed by atoms with Crippen molar-refractivity contribution in [3.8, 4) is 0 Å². The summed E-state index contributed by atoms with van der Waals surface area (Å²) < 4.78 is 5.52. The fraction of sp³-hybridized carbons (Fsp3) is 0.929. The zero-order valence-electron chi connectivity index (χ0n) is 11.1. The molecule has 4 nitrogen and oxygen atoms in total. The molecule has 0 aromatic carbocycles. The second-order valence-electron chi connectivity index (χ2n) is 5.67. The zero-order valence-corrected chi connectivity index (χ0v) is 11.1. The number of carbonyl (C=O) groups is 1. The summed E-state index contributed by atoms with van der Waals surface area (Å²) in [5.74, 6) is -0.115. The highest BCUT2D eigenvalue weighted by Crippen LogP contribution is 2.27. The van der Waals surface area contributed by atoms with Gasteiger partial charge in [0, 0.05) is 13.2 Å². The maximum absolute atomic E-state index is 11.3. The Morgan fingerprint density at radius 1 is 1.22 bits per heavy atom. The third-order valence-corrected chi connectivity index (χ3v) is 4.21. The highest BCUT2D eigenvalue weighted by molar-refractivity contribution is 5.73. The van der Waals surface area contributed by atoms with Gasteiger partial charge in [0.05, 0.1) is 6.10 Å². The van der Waals surface area contributed by atoms with Gasteiger partial charge in [0.25, 0.3) is 0 Å². The average Bonchev–Trinajstić information content (AvgIpc) is 2.88. The van der Waals surface area contributed by atoms with Crippen molar-refractivity contribution in [2.75, 3.05) is 13.2 Å². The van der Waals surface area contributed by atoms with E-state index in [1.165, 1.54) is 32.1 Å². The molecule has 4 heteroatoms. The number of hydrogen-bond acceptors (Lipinski definition) is 3. The van der Waals surface area contributed by atoms with E-state index in [1.807, 2.05) is 0 Å². The van der Waals surface area contributed by atoms with Crippen molar-refractivity contribution in [2.45, 2.75) is 63.5 Å². The van der Waals surface area contributed by atoms with Gasteiger partial charge >= 0.3 is 5.97 Å². The van der Waals surface area contributed by atoms with Crippen LogP contribution in [0.25, 0.3) is 0 Å². The maximum Gasteiger partial charge on any atom is 0.320 e. The molecule has 0 bridgehead atoms. The minimum absolute atomic E-state index is 0.221. The smallest absolute Gasteiger partial charge is 0.320 e. The Kier molecular flexibility index (Phi) is 5.45. The van der Waals surface area contributed by atoms with Crippen molar-refractivity contribution < 1.29 is 14.6 Å². The van der Waals surface area contributed by atoms with E-state index in [-0.39, 0.29) is 6.10 Å². The number of nitrogens with one attached hydrogen (secondary N) is 1. The Labute approximate surface area is 109 Å². The largest absolute Gasteiger partial charge is 0.480 e. The highest BCUT2D eigenvalue weighted by Gasteiger charge is 2.25. The first-order chi connectivity index (χ1) is 8.75. The summed E-state index contributed by atoms with van der Waals surface area (Å²) >= 11 is 0. The number of aliphatic carboxylic acids is 1. The van der Waals surface area contributed by atoms with E-state index >= 15 is 0 Å². The van der Waals surface area contributed by atoms with Crippen molar-refractivity contribution in [1.82, 2.24) is 5.32 Å². The van der Waals surface area contributed by atoms with Crippen LogP contribution < -0.4 is 5.32 Å². The van der Waals surface area contributed by atoms with Crippen LogP contribution in [0.4, 0.5) is 0 Å². The molecule has 0 radical (unpaired) electrons. The minimum Gasteiger partial charge on any atom is -0.480 e. The predicted octanol–water partition coefficient (Wildman–Crippen LogP) is 2.18. The first-order valence-electron chi connectivity index (χ1n) is 7.33. The average molecular weight is 255 g/mol. The normalized spacial score (nSPS) is 27.2. The highest BCUT2D eigenvalue weighted by atomic mass is 16.5. The van der Waals surface area contributed by atoms with Crippen LogP contribution in [0, 0.1) is 5.92 Å². The number of carboxylic acids is 1. The van der Waals surface area contributed by atoms with Gasteiger partial charge in [-0.3, -0.25) is 4.79 Å². The Bertz CT molecular complexity index is 258. The number of carboxylic acid groups (broad SMARTS) is 1.